The van der Waals surface area contributed by atoms with Crippen LogP contribution in [0, 0.1) is 0 Å². The molecular formula is C22H20N2O2. The SMILES string of the molecule is COc1ccc(-c2nc3ccccc3n2Cc2ccccc2OC)cc1. The molecule has 0 N–H and O–H groups in total. The maximum atomic E-state index is 5.53. The number of para-hydroxylation sites is 3. The maximum absolute atomic E-state index is 5.53. The second-order valence-corrected chi connectivity index (χ2v) is 6.05. The van der Waals surface area contributed by atoms with E-state index in [9.17, 15) is 0 Å². The summed E-state index contributed by atoms with van der Waals surface area (Å²) < 4.78 is 13.0. The second-order valence-electron chi connectivity index (χ2n) is 6.05. The molecule has 0 saturated heterocycles. The van der Waals surface area contributed by atoms with Crippen molar-refractivity contribution < 1.29 is 9.47 Å². The minimum Gasteiger partial charge on any atom is -0.497 e. The zero-order valence-corrected chi connectivity index (χ0v) is 14.8. The van der Waals surface area contributed by atoms with Crippen LogP contribution in [0.4, 0.5) is 0 Å². The third-order valence-electron chi connectivity index (χ3n) is 4.52. The van der Waals surface area contributed by atoms with E-state index in [1.807, 2.05) is 60.7 Å². The molecule has 1 heterocycles. The first-order valence-electron chi connectivity index (χ1n) is 8.52. The van der Waals surface area contributed by atoms with E-state index in [1.54, 1.807) is 14.2 Å². The predicted molar refractivity (Wildman–Crippen MR) is 104 cm³/mol. The van der Waals surface area contributed by atoms with Crippen molar-refractivity contribution in [2.75, 3.05) is 14.2 Å². The van der Waals surface area contributed by atoms with Crippen LogP contribution in [0.3, 0.4) is 0 Å². The van der Waals surface area contributed by atoms with Crippen LogP contribution >= 0.6 is 0 Å². The van der Waals surface area contributed by atoms with E-state index in [1.165, 1.54) is 0 Å². The van der Waals surface area contributed by atoms with E-state index >= 15 is 0 Å². The van der Waals surface area contributed by atoms with Gasteiger partial charge in [0.1, 0.15) is 17.3 Å². The molecule has 4 rings (SSSR count). The molecule has 0 aliphatic rings. The zero-order valence-electron chi connectivity index (χ0n) is 14.8. The Morgan fingerprint density at radius 1 is 0.808 bits per heavy atom. The minimum absolute atomic E-state index is 0.686. The van der Waals surface area contributed by atoms with Gasteiger partial charge >= 0.3 is 0 Å². The van der Waals surface area contributed by atoms with Gasteiger partial charge in [-0.1, -0.05) is 30.3 Å². The lowest BCUT2D eigenvalue weighted by Gasteiger charge is -2.13. The highest BCUT2D eigenvalue weighted by Gasteiger charge is 2.14. The number of hydrogen-bond acceptors (Lipinski definition) is 3. The number of imidazole rings is 1. The van der Waals surface area contributed by atoms with Crippen LogP contribution in [0.5, 0.6) is 11.5 Å². The molecule has 0 fully saturated rings. The Balaban J connectivity index is 1.86. The lowest BCUT2D eigenvalue weighted by molar-refractivity contribution is 0.408. The zero-order chi connectivity index (χ0) is 17.9. The van der Waals surface area contributed by atoms with Gasteiger partial charge in [0.2, 0.25) is 0 Å². The largest absolute Gasteiger partial charge is 0.497 e. The van der Waals surface area contributed by atoms with Crippen LogP contribution in [0.1, 0.15) is 5.56 Å². The normalized spacial score (nSPS) is 10.8. The van der Waals surface area contributed by atoms with Gasteiger partial charge in [-0.25, -0.2) is 4.98 Å². The van der Waals surface area contributed by atoms with Gasteiger partial charge in [0.15, 0.2) is 0 Å². The Morgan fingerprint density at radius 2 is 1.54 bits per heavy atom. The molecule has 0 radical (unpaired) electrons. The van der Waals surface area contributed by atoms with E-state index in [2.05, 4.69) is 16.7 Å². The third-order valence-corrected chi connectivity index (χ3v) is 4.52. The van der Waals surface area contributed by atoms with Gasteiger partial charge < -0.3 is 14.0 Å². The first kappa shape index (κ1) is 16.2. The van der Waals surface area contributed by atoms with Crippen molar-refractivity contribution in [3.8, 4) is 22.9 Å². The lowest BCUT2D eigenvalue weighted by atomic mass is 10.1. The van der Waals surface area contributed by atoms with E-state index in [0.717, 1.165) is 39.5 Å². The smallest absolute Gasteiger partial charge is 0.141 e. The van der Waals surface area contributed by atoms with E-state index < -0.39 is 0 Å². The molecule has 3 aromatic carbocycles. The molecule has 0 aliphatic carbocycles. The molecule has 0 bridgehead atoms. The van der Waals surface area contributed by atoms with Crippen molar-refractivity contribution in [2.45, 2.75) is 6.54 Å². The van der Waals surface area contributed by atoms with Crippen LogP contribution in [-0.2, 0) is 6.54 Å². The number of benzene rings is 3. The summed E-state index contributed by atoms with van der Waals surface area (Å²) >= 11 is 0. The fraction of sp³-hybridized carbons (Fsp3) is 0.136. The summed E-state index contributed by atoms with van der Waals surface area (Å²) in [4.78, 5) is 4.87. The summed E-state index contributed by atoms with van der Waals surface area (Å²) in [5, 5.41) is 0. The number of aromatic nitrogens is 2. The average molecular weight is 344 g/mol. The molecule has 0 atom stereocenters. The first-order chi connectivity index (χ1) is 12.8. The molecule has 0 amide bonds. The summed E-state index contributed by atoms with van der Waals surface area (Å²) in [6.45, 7) is 0.686. The van der Waals surface area contributed by atoms with Crippen LogP contribution in [0.25, 0.3) is 22.4 Å². The number of rotatable bonds is 5. The Hall–Kier alpha value is -3.27. The minimum atomic E-state index is 0.686. The third kappa shape index (κ3) is 2.90. The van der Waals surface area contributed by atoms with Gasteiger partial charge in [-0.3, -0.25) is 0 Å². The number of nitrogens with zero attached hydrogens (tertiary/aromatic N) is 2. The summed E-state index contributed by atoms with van der Waals surface area (Å²) in [5.74, 6) is 2.65. The molecule has 0 unspecified atom stereocenters. The van der Waals surface area contributed by atoms with Crippen LogP contribution in [0.2, 0.25) is 0 Å². The Bertz CT molecular complexity index is 1040. The van der Waals surface area contributed by atoms with Crippen molar-refractivity contribution in [1.29, 1.82) is 0 Å². The van der Waals surface area contributed by atoms with Gasteiger partial charge in [-0.05, 0) is 42.5 Å². The monoisotopic (exact) mass is 344 g/mol. The molecule has 4 nitrogen and oxygen atoms in total. The highest BCUT2D eigenvalue weighted by molar-refractivity contribution is 5.81. The first-order valence-corrected chi connectivity index (χ1v) is 8.52. The average Bonchev–Trinajstić information content (AvgIpc) is 3.07. The molecule has 4 aromatic rings. The summed E-state index contributed by atoms with van der Waals surface area (Å²) in [7, 11) is 3.38. The molecule has 4 heteroatoms. The van der Waals surface area contributed by atoms with Crippen molar-refractivity contribution in [1.82, 2.24) is 9.55 Å². The Morgan fingerprint density at radius 3 is 2.31 bits per heavy atom. The maximum Gasteiger partial charge on any atom is 0.141 e. The van der Waals surface area contributed by atoms with E-state index in [0.29, 0.717) is 6.54 Å². The Labute approximate surface area is 152 Å². The van der Waals surface area contributed by atoms with Gasteiger partial charge in [0, 0.05) is 11.1 Å². The molecule has 1 aromatic heterocycles. The second kappa shape index (κ2) is 6.92. The number of hydrogen-bond donors (Lipinski definition) is 0. The topological polar surface area (TPSA) is 36.3 Å². The van der Waals surface area contributed by atoms with Crippen LogP contribution in [0.15, 0.2) is 72.8 Å². The summed E-state index contributed by atoms with van der Waals surface area (Å²) in [6.07, 6.45) is 0. The molecule has 130 valence electrons. The molecule has 0 aliphatic heterocycles. The quantitative estimate of drug-likeness (QED) is 0.523. The van der Waals surface area contributed by atoms with Gasteiger partial charge in [-0.15, -0.1) is 0 Å². The fourth-order valence-corrected chi connectivity index (χ4v) is 3.20. The van der Waals surface area contributed by atoms with Gasteiger partial charge in [0.05, 0.1) is 31.8 Å². The number of ether oxygens (including phenoxy) is 2. The van der Waals surface area contributed by atoms with E-state index in [-0.39, 0.29) is 0 Å². The van der Waals surface area contributed by atoms with Crippen LogP contribution < -0.4 is 9.47 Å². The van der Waals surface area contributed by atoms with Crippen molar-refractivity contribution in [3.63, 3.8) is 0 Å². The standard InChI is InChI=1S/C22H20N2O2/c1-25-18-13-11-16(12-14-18)22-23-19-8-4-5-9-20(19)24(22)15-17-7-3-6-10-21(17)26-2/h3-14H,15H2,1-2H3. The van der Waals surface area contributed by atoms with Gasteiger partial charge in [-0.2, -0.15) is 0 Å². The lowest BCUT2D eigenvalue weighted by Crippen LogP contribution is -2.04. The summed E-state index contributed by atoms with van der Waals surface area (Å²) in [6, 6.07) is 24.3. The highest BCUT2D eigenvalue weighted by Crippen LogP contribution is 2.29. The van der Waals surface area contributed by atoms with Crippen molar-refractivity contribution in [2.24, 2.45) is 0 Å². The van der Waals surface area contributed by atoms with E-state index in [4.69, 9.17) is 14.5 Å². The molecule has 0 saturated carbocycles. The molecular weight excluding hydrogens is 324 g/mol. The number of methoxy groups -OCH3 is 2. The van der Waals surface area contributed by atoms with Crippen molar-refractivity contribution >= 4 is 11.0 Å². The van der Waals surface area contributed by atoms with Gasteiger partial charge in [0.25, 0.3) is 0 Å². The summed E-state index contributed by atoms with van der Waals surface area (Å²) in [5.41, 5.74) is 4.25. The highest BCUT2D eigenvalue weighted by atomic mass is 16.5. The fourth-order valence-electron chi connectivity index (χ4n) is 3.20. The Kier molecular flexibility index (Phi) is 4.32. The predicted octanol–water partition coefficient (Wildman–Crippen LogP) is 4.77. The number of fused-ring (bicyclic) bond motifs is 1. The van der Waals surface area contributed by atoms with Crippen molar-refractivity contribution in [3.05, 3.63) is 78.4 Å². The molecule has 26 heavy (non-hydrogen) atoms. The molecule has 0 spiro atoms. The van der Waals surface area contributed by atoms with Crippen LogP contribution in [-0.4, -0.2) is 23.8 Å².